The number of hydrogen-bond acceptors (Lipinski definition) is 4. The second kappa shape index (κ2) is 8.69. The first-order valence-corrected chi connectivity index (χ1v) is 15.9. The molecule has 0 aromatic heterocycles. The van der Waals surface area contributed by atoms with E-state index in [-0.39, 0.29) is 23.1 Å². The molecule has 7 heteroatoms. The first-order valence-electron chi connectivity index (χ1n) is 11.5. The van der Waals surface area contributed by atoms with Crippen molar-refractivity contribution in [3.8, 4) is 0 Å². The van der Waals surface area contributed by atoms with Crippen LogP contribution in [0.4, 0.5) is 0 Å². The van der Waals surface area contributed by atoms with Crippen molar-refractivity contribution in [2.45, 2.75) is 75.3 Å². The van der Waals surface area contributed by atoms with Crippen LogP contribution < -0.4 is 0 Å². The monoisotopic (exact) mass is 485 g/mol. The van der Waals surface area contributed by atoms with Crippen LogP contribution in [-0.2, 0) is 25.7 Å². The normalized spacial score (nSPS) is 23.5. The van der Waals surface area contributed by atoms with Crippen LogP contribution in [0.15, 0.2) is 65.8 Å². The second-order valence-electron chi connectivity index (χ2n) is 10.7. The summed E-state index contributed by atoms with van der Waals surface area (Å²) in [5.41, 5.74) is 3.22. The minimum Gasteiger partial charge on any atom is -0.494 e. The zero-order valence-electron chi connectivity index (χ0n) is 20.4. The number of ether oxygens (including phenoxy) is 1. The number of nitrogens with zero attached hydrogens (tertiary/aromatic N) is 1. The van der Waals surface area contributed by atoms with E-state index in [1.54, 1.807) is 22.7 Å². The predicted octanol–water partition coefficient (Wildman–Crippen LogP) is 5.59. The summed E-state index contributed by atoms with van der Waals surface area (Å²) in [5, 5.41) is 0.0593. The summed E-state index contributed by atoms with van der Waals surface area (Å²) in [6, 6.07) is 14.8. The van der Waals surface area contributed by atoms with Gasteiger partial charge >= 0.3 is 0 Å². The molecule has 33 heavy (non-hydrogen) atoms. The third-order valence-electron chi connectivity index (χ3n) is 7.40. The number of fused-ring (bicyclic) bond motifs is 3. The molecule has 0 saturated heterocycles. The van der Waals surface area contributed by atoms with Crippen molar-refractivity contribution in [1.82, 2.24) is 4.31 Å². The van der Waals surface area contributed by atoms with Crippen LogP contribution in [0, 0.1) is 6.92 Å². The highest BCUT2D eigenvalue weighted by molar-refractivity contribution is 7.89. The van der Waals surface area contributed by atoms with Crippen LogP contribution in [0.1, 0.15) is 43.4 Å². The molecular weight excluding hydrogens is 450 g/mol. The molecule has 0 spiro atoms. The Bertz CT molecular complexity index is 1140. The van der Waals surface area contributed by atoms with E-state index in [4.69, 9.17) is 9.16 Å². The maximum Gasteiger partial charge on any atom is 0.243 e. The first-order chi connectivity index (χ1) is 15.4. The van der Waals surface area contributed by atoms with Crippen molar-refractivity contribution in [1.29, 1.82) is 0 Å². The van der Waals surface area contributed by atoms with Gasteiger partial charge in [0, 0.05) is 12.5 Å². The van der Waals surface area contributed by atoms with Gasteiger partial charge < -0.3 is 9.16 Å². The van der Waals surface area contributed by atoms with Gasteiger partial charge in [-0.25, -0.2) is 8.42 Å². The molecule has 0 fully saturated rings. The minimum atomic E-state index is -3.73. The molecular formula is C26H35NO4SSi. The van der Waals surface area contributed by atoms with Crippen molar-refractivity contribution in [3.05, 3.63) is 77.6 Å². The maximum atomic E-state index is 13.9. The van der Waals surface area contributed by atoms with Gasteiger partial charge in [0.1, 0.15) is 6.10 Å². The molecule has 2 aliphatic heterocycles. The van der Waals surface area contributed by atoms with Crippen LogP contribution in [0.25, 0.3) is 0 Å². The lowest BCUT2D eigenvalue weighted by Crippen LogP contribution is -2.56. The number of aryl methyl sites for hydroxylation is 1. The summed E-state index contributed by atoms with van der Waals surface area (Å²) in [4.78, 5) is 0.310. The van der Waals surface area contributed by atoms with Crippen LogP contribution in [0.5, 0.6) is 0 Å². The van der Waals surface area contributed by atoms with Crippen molar-refractivity contribution in [2.75, 3.05) is 6.61 Å². The van der Waals surface area contributed by atoms with Gasteiger partial charge in [-0.1, -0.05) is 62.7 Å². The molecule has 2 aromatic carbocycles. The lowest BCUT2D eigenvalue weighted by molar-refractivity contribution is 0.00634. The molecule has 5 nitrogen and oxygen atoms in total. The molecule has 0 bridgehead atoms. The van der Waals surface area contributed by atoms with Crippen LogP contribution in [-0.4, -0.2) is 39.8 Å². The smallest absolute Gasteiger partial charge is 0.243 e. The third-order valence-corrected chi connectivity index (χ3v) is 13.8. The van der Waals surface area contributed by atoms with Crippen molar-refractivity contribution < 1.29 is 17.6 Å². The van der Waals surface area contributed by atoms with Gasteiger partial charge in [-0.15, -0.1) is 0 Å². The van der Waals surface area contributed by atoms with Crippen LogP contribution >= 0.6 is 0 Å². The third kappa shape index (κ3) is 4.56. The Morgan fingerprint density at radius 3 is 2.42 bits per heavy atom. The second-order valence-corrected chi connectivity index (χ2v) is 17.4. The average molecular weight is 486 g/mol. The van der Waals surface area contributed by atoms with E-state index in [9.17, 15) is 8.42 Å². The van der Waals surface area contributed by atoms with Gasteiger partial charge in [-0.3, -0.25) is 0 Å². The molecule has 2 heterocycles. The van der Waals surface area contributed by atoms with Gasteiger partial charge in [0.25, 0.3) is 0 Å². The van der Waals surface area contributed by atoms with E-state index >= 15 is 0 Å². The number of sulfonamides is 1. The Balaban J connectivity index is 1.74. The molecule has 178 valence electrons. The molecule has 0 radical (unpaired) electrons. The highest BCUT2D eigenvalue weighted by atomic mass is 32.2. The van der Waals surface area contributed by atoms with Gasteiger partial charge in [-0.05, 0) is 54.4 Å². The molecule has 2 aromatic rings. The standard InChI is InChI=1S/C26H35NO4SSi/c1-19-11-13-21(14-12-19)32(28,29)27-17-20-9-7-8-10-22(20)23-15-16-30-24(25(23)27)18-31-33(5,6)26(2,3)4/h7-16,23-25H,17-18H2,1-6H3/t23-,24-,25+/m1/s1. The molecule has 0 unspecified atom stereocenters. The fourth-order valence-electron chi connectivity index (χ4n) is 4.32. The molecule has 0 aliphatic carbocycles. The topological polar surface area (TPSA) is 55.8 Å². The zero-order valence-corrected chi connectivity index (χ0v) is 22.2. The Morgan fingerprint density at radius 1 is 1.09 bits per heavy atom. The van der Waals surface area contributed by atoms with Crippen molar-refractivity contribution in [2.24, 2.45) is 0 Å². The molecule has 2 aliphatic rings. The summed E-state index contributed by atoms with van der Waals surface area (Å²) >= 11 is 0. The Morgan fingerprint density at radius 2 is 1.76 bits per heavy atom. The van der Waals surface area contributed by atoms with E-state index in [1.165, 1.54) is 0 Å². The largest absolute Gasteiger partial charge is 0.494 e. The van der Waals surface area contributed by atoms with E-state index in [1.807, 2.05) is 43.3 Å². The first kappa shape index (κ1) is 24.2. The summed E-state index contributed by atoms with van der Waals surface area (Å²) in [5.74, 6) is -0.0862. The number of hydrogen-bond donors (Lipinski definition) is 0. The van der Waals surface area contributed by atoms with E-state index in [0.29, 0.717) is 18.0 Å². The van der Waals surface area contributed by atoms with Gasteiger partial charge in [0.2, 0.25) is 10.0 Å². The zero-order chi connectivity index (χ0) is 24.0. The SMILES string of the molecule is Cc1ccc(S(=O)(=O)N2Cc3ccccc3[C@H]3C=CO[C@H](CO[Si](C)(C)C(C)(C)C)[C@H]32)cc1. The van der Waals surface area contributed by atoms with Crippen LogP contribution in [0.2, 0.25) is 18.1 Å². The van der Waals surface area contributed by atoms with E-state index in [0.717, 1.165) is 16.7 Å². The molecule has 4 rings (SSSR count). The quantitative estimate of drug-likeness (QED) is 0.518. The highest BCUT2D eigenvalue weighted by Gasteiger charge is 2.48. The predicted molar refractivity (Wildman–Crippen MR) is 134 cm³/mol. The van der Waals surface area contributed by atoms with E-state index in [2.05, 4.69) is 39.9 Å². The fraction of sp³-hybridized carbons (Fsp3) is 0.462. The Kier molecular flexibility index (Phi) is 6.37. The fourth-order valence-corrected chi connectivity index (χ4v) is 6.98. The molecule has 0 N–H and O–H groups in total. The van der Waals surface area contributed by atoms with E-state index < -0.39 is 18.3 Å². The highest BCUT2D eigenvalue weighted by Crippen LogP contribution is 2.43. The summed E-state index contributed by atoms with van der Waals surface area (Å²) < 4.78 is 42.0. The number of benzene rings is 2. The lowest BCUT2D eigenvalue weighted by atomic mass is 9.81. The Labute approximate surface area is 199 Å². The van der Waals surface area contributed by atoms with Gasteiger partial charge in [0.15, 0.2) is 8.32 Å². The Hall–Kier alpha value is -1.93. The molecule has 0 saturated carbocycles. The maximum absolute atomic E-state index is 13.9. The number of rotatable bonds is 5. The summed E-state index contributed by atoms with van der Waals surface area (Å²) in [7, 11) is -5.76. The van der Waals surface area contributed by atoms with Crippen molar-refractivity contribution in [3.63, 3.8) is 0 Å². The summed E-state index contributed by atoms with van der Waals surface area (Å²) in [6.07, 6.45) is 3.32. The van der Waals surface area contributed by atoms with Gasteiger partial charge in [0.05, 0.1) is 23.8 Å². The van der Waals surface area contributed by atoms with Crippen LogP contribution in [0.3, 0.4) is 0 Å². The molecule has 3 atom stereocenters. The summed E-state index contributed by atoms with van der Waals surface area (Å²) in [6.45, 7) is 13.7. The van der Waals surface area contributed by atoms with Gasteiger partial charge in [-0.2, -0.15) is 4.31 Å². The molecule has 0 amide bonds. The lowest BCUT2D eigenvalue weighted by Gasteiger charge is -2.46. The minimum absolute atomic E-state index is 0.0593. The average Bonchev–Trinajstić information content (AvgIpc) is 2.76. The van der Waals surface area contributed by atoms with Crippen molar-refractivity contribution >= 4 is 18.3 Å².